The molecule has 0 spiro atoms. The number of para-hydroxylation sites is 3. The number of hydrogen-bond donors (Lipinski definition) is 0. The summed E-state index contributed by atoms with van der Waals surface area (Å²) in [6.45, 7) is 3.19. The summed E-state index contributed by atoms with van der Waals surface area (Å²) < 4.78 is 16.5. The van der Waals surface area contributed by atoms with E-state index >= 15 is 0 Å². The van der Waals surface area contributed by atoms with Crippen LogP contribution in [0.4, 0.5) is 10.1 Å². The number of rotatable bonds is 4. The number of halogens is 1. The summed E-state index contributed by atoms with van der Waals surface area (Å²) in [4.78, 5) is 19.2. The summed E-state index contributed by atoms with van der Waals surface area (Å²) >= 11 is 0. The lowest BCUT2D eigenvalue weighted by Gasteiger charge is -2.18. The Morgan fingerprint density at radius 3 is 2.67 bits per heavy atom. The highest BCUT2D eigenvalue weighted by molar-refractivity contribution is 5.96. The Labute approximate surface area is 174 Å². The van der Waals surface area contributed by atoms with Crippen LogP contribution in [0.2, 0.25) is 0 Å². The highest BCUT2D eigenvalue weighted by Gasteiger charge is 2.35. The number of anilines is 1. The Hall–Kier alpha value is -3.47. The van der Waals surface area contributed by atoms with E-state index in [0.717, 1.165) is 16.9 Å². The van der Waals surface area contributed by atoms with Crippen molar-refractivity contribution in [3.05, 3.63) is 95.6 Å². The third-order valence-electron chi connectivity index (χ3n) is 5.74. The minimum Gasteiger partial charge on any atom is -0.323 e. The summed E-state index contributed by atoms with van der Waals surface area (Å²) in [6.07, 6.45) is 0.325. The molecule has 1 atom stereocenters. The molecule has 3 aromatic carbocycles. The lowest BCUT2D eigenvalue weighted by molar-refractivity contribution is -0.117. The van der Waals surface area contributed by atoms with Crippen LogP contribution >= 0.6 is 0 Å². The maximum atomic E-state index is 14.3. The zero-order valence-electron chi connectivity index (χ0n) is 16.8. The standard InChI is InChI=1S/C25H22FN3O/c1-17-7-6-8-18(13-17)15-29-23-12-5-3-10-21(23)27-25(29)19-14-24(30)28(16-19)22-11-4-2-9-20(22)26/h2-13,19H,14-16H2,1H3. The quantitative estimate of drug-likeness (QED) is 0.481. The molecule has 0 bridgehead atoms. The van der Waals surface area contributed by atoms with E-state index in [4.69, 9.17) is 4.98 Å². The van der Waals surface area contributed by atoms with Gasteiger partial charge in [0.2, 0.25) is 5.91 Å². The zero-order valence-corrected chi connectivity index (χ0v) is 16.8. The van der Waals surface area contributed by atoms with E-state index in [1.807, 2.05) is 18.2 Å². The van der Waals surface area contributed by atoms with E-state index in [1.54, 1.807) is 23.1 Å². The van der Waals surface area contributed by atoms with Gasteiger partial charge in [-0.3, -0.25) is 4.79 Å². The number of carbonyl (C=O) groups is 1. The number of carbonyl (C=O) groups excluding carboxylic acids is 1. The Balaban J connectivity index is 1.54. The first-order chi connectivity index (χ1) is 14.6. The molecule has 0 N–H and O–H groups in total. The highest BCUT2D eigenvalue weighted by atomic mass is 19.1. The van der Waals surface area contributed by atoms with Gasteiger partial charge in [-0.2, -0.15) is 0 Å². The van der Waals surface area contributed by atoms with Crippen molar-refractivity contribution in [2.75, 3.05) is 11.4 Å². The minimum atomic E-state index is -0.375. The fourth-order valence-corrected chi connectivity index (χ4v) is 4.35. The highest BCUT2D eigenvalue weighted by Crippen LogP contribution is 2.34. The number of nitrogens with zero attached hydrogens (tertiary/aromatic N) is 3. The number of benzene rings is 3. The molecule has 1 fully saturated rings. The van der Waals surface area contributed by atoms with Crippen molar-refractivity contribution in [1.82, 2.24) is 9.55 Å². The van der Waals surface area contributed by atoms with Crippen molar-refractivity contribution < 1.29 is 9.18 Å². The minimum absolute atomic E-state index is 0.0701. The predicted molar refractivity (Wildman–Crippen MR) is 116 cm³/mol. The van der Waals surface area contributed by atoms with Crippen LogP contribution in [0, 0.1) is 12.7 Å². The number of aromatic nitrogens is 2. The fourth-order valence-electron chi connectivity index (χ4n) is 4.35. The molecule has 1 aliphatic heterocycles. The Morgan fingerprint density at radius 1 is 1.03 bits per heavy atom. The Morgan fingerprint density at radius 2 is 1.83 bits per heavy atom. The fraction of sp³-hybridized carbons (Fsp3) is 0.200. The molecule has 0 saturated carbocycles. The first kappa shape index (κ1) is 18.6. The molecule has 1 aromatic heterocycles. The van der Waals surface area contributed by atoms with Gasteiger partial charge in [-0.25, -0.2) is 9.37 Å². The van der Waals surface area contributed by atoms with Gasteiger partial charge in [-0.1, -0.05) is 54.1 Å². The van der Waals surface area contributed by atoms with Crippen LogP contribution in [0.25, 0.3) is 11.0 Å². The van der Waals surface area contributed by atoms with Gasteiger partial charge in [0.1, 0.15) is 11.6 Å². The molecule has 1 amide bonds. The third-order valence-corrected chi connectivity index (χ3v) is 5.74. The van der Waals surface area contributed by atoms with Gasteiger partial charge in [-0.05, 0) is 36.8 Å². The van der Waals surface area contributed by atoms with Crippen molar-refractivity contribution in [2.24, 2.45) is 0 Å². The van der Waals surface area contributed by atoms with E-state index in [-0.39, 0.29) is 17.6 Å². The van der Waals surface area contributed by atoms with E-state index in [9.17, 15) is 9.18 Å². The van der Waals surface area contributed by atoms with Crippen molar-refractivity contribution in [3.8, 4) is 0 Å². The maximum Gasteiger partial charge on any atom is 0.227 e. The first-order valence-corrected chi connectivity index (χ1v) is 10.2. The third kappa shape index (κ3) is 3.26. The van der Waals surface area contributed by atoms with Crippen molar-refractivity contribution >= 4 is 22.6 Å². The molecule has 1 saturated heterocycles. The Bertz CT molecular complexity index is 1250. The lowest BCUT2D eigenvalue weighted by Crippen LogP contribution is -2.25. The average Bonchev–Trinajstić information content (AvgIpc) is 3.29. The second kappa shape index (κ2) is 7.41. The van der Waals surface area contributed by atoms with Crippen LogP contribution in [-0.2, 0) is 11.3 Å². The normalized spacial score (nSPS) is 16.5. The zero-order chi connectivity index (χ0) is 20.7. The van der Waals surface area contributed by atoms with Crippen molar-refractivity contribution in [3.63, 3.8) is 0 Å². The summed E-state index contributed by atoms with van der Waals surface area (Å²) in [5.41, 5.74) is 4.70. The second-order valence-corrected chi connectivity index (χ2v) is 7.89. The number of fused-ring (bicyclic) bond motifs is 1. The molecular formula is C25H22FN3O. The van der Waals surface area contributed by atoms with Crippen LogP contribution in [0.1, 0.15) is 29.3 Å². The van der Waals surface area contributed by atoms with Crippen LogP contribution in [0.5, 0.6) is 0 Å². The molecule has 1 aliphatic rings. The summed E-state index contributed by atoms with van der Waals surface area (Å²) in [5.74, 6) is 0.346. The van der Waals surface area contributed by atoms with E-state index in [0.29, 0.717) is 25.2 Å². The predicted octanol–water partition coefficient (Wildman–Crippen LogP) is 5.05. The molecule has 4 aromatic rings. The van der Waals surface area contributed by atoms with Gasteiger partial charge in [0.25, 0.3) is 0 Å². The van der Waals surface area contributed by atoms with Gasteiger partial charge in [0, 0.05) is 25.4 Å². The summed E-state index contributed by atoms with van der Waals surface area (Å²) in [6, 6.07) is 22.9. The maximum absolute atomic E-state index is 14.3. The number of aryl methyl sites for hydroxylation is 1. The average molecular weight is 399 g/mol. The second-order valence-electron chi connectivity index (χ2n) is 7.89. The van der Waals surface area contributed by atoms with Gasteiger partial charge in [0.05, 0.1) is 16.7 Å². The van der Waals surface area contributed by atoms with Crippen LogP contribution in [0.3, 0.4) is 0 Å². The van der Waals surface area contributed by atoms with Gasteiger partial charge in [-0.15, -0.1) is 0 Å². The molecule has 5 heteroatoms. The van der Waals surface area contributed by atoms with Crippen LogP contribution in [0.15, 0.2) is 72.8 Å². The molecule has 0 radical (unpaired) electrons. The molecule has 0 aliphatic carbocycles. The van der Waals surface area contributed by atoms with E-state index in [1.165, 1.54) is 17.2 Å². The lowest BCUT2D eigenvalue weighted by atomic mass is 10.1. The molecular weight excluding hydrogens is 377 g/mol. The number of hydrogen-bond acceptors (Lipinski definition) is 2. The van der Waals surface area contributed by atoms with Gasteiger partial charge >= 0.3 is 0 Å². The molecule has 1 unspecified atom stereocenters. The topological polar surface area (TPSA) is 38.1 Å². The monoisotopic (exact) mass is 399 g/mol. The smallest absolute Gasteiger partial charge is 0.227 e. The SMILES string of the molecule is Cc1cccc(Cn2c(C3CC(=O)N(c4ccccc4F)C3)nc3ccccc32)c1. The molecule has 5 rings (SSSR count). The summed E-state index contributed by atoms with van der Waals surface area (Å²) in [5, 5.41) is 0. The number of imidazole rings is 1. The van der Waals surface area contributed by atoms with Gasteiger partial charge in [0.15, 0.2) is 0 Å². The van der Waals surface area contributed by atoms with Gasteiger partial charge < -0.3 is 9.47 Å². The summed E-state index contributed by atoms with van der Waals surface area (Å²) in [7, 11) is 0. The molecule has 30 heavy (non-hydrogen) atoms. The van der Waals surface area contributed by atoms with Crippen LogP contribution in [-0.4, -0.2) is 22.0 Å². The van der Waals surface area contributed by atoms with Crippen molar-refractivity contribution in [1.29, 1.82) is 0 Å². The van der Waals surface area contributed by atoms with Crippen molar-refractivity contribution in [2.45, 2.75) is 25.8 Å². The largest absolute Gasteiger partial charge is 0.323 e. The Kier molecular flexibility index (Phi) is 4.58. The molecule has 2 heterocycles. The first-order valence-electron chi connectivity index (χ1n) is 10.2. The van der Waals surface area contributed by atoms with E-state index < -0.39 is 0 Å². The molecule has 4 nitrogen and oxygen atoms in total. The number of amides is 1. The van der Waals surface area contributed by atoms with Crippen LogP contribution < -0.4 is 4.90 Å². The van der Waals surface area contributed by atoms with E-state index in [2.05, 4.69) is 41.8 Å². The molecule has 150 valence electrons.